The lowest BCUT2D eigenvalue weighted by atomic mass is 10.1. The highest BCUT2D eigenvalue weighted by Gasteiger charge is 2.10. The van der Waals surface area contributed by atoms with Gasteiger partial charge >= 0.3 is 0 Å². The number of benzene rings is 2. The van der Waals surface area contributed by atoms with Crippen LogP contribution in [0.5, 0.6) is 0 Å². The molecule has 0 atom stereocenters. The average Bonchev–Trinajstić information content (AvgIpc) is 2.42. The van der Waals surface area contributed by atoms with E-state index in [4.69, 9.17) is 0 Å². The van der Waals surface area contributed by atoms with Crippen LogP contribution in [0.2, 0.25) is 0 Å². The first-order valence-corrected chi connectivity index (χ1v) is 8.34. The number of nitrogens with one attached hydrogen (secondary N) is 1. The van der Waals surface area contributed by atoms with Crippen molar-refractivity contribution in [3.05, 3.63) is 65.2 Å². The lowest BCUT2D eigenvalue weighted by molar-refractivity contribution is 0.102. The second-order valence-corrected chi connectivity index (χ2v) is 6.99. The summed E-state index contributed by atoms with van der Waals surface area (Å²) in [5.74, 6) is -2.67. The van der Waals surface area contributed by atoms with E-state index in [2.05, 4.69) is 5.32 Å². The van der Waals surface area contributed by atoms with Crippen molar-refractivity contribution in [2.75, 3.05) is 11.6 Å². The Morgan fingerprint density at radius 2 is 1.68 bits per heavy atom. The summed E-state index contributed by atoms with van der Waals surface area (Å²) < 4.78 is 48.2. The van der Waals surface area contributed by atoms with Gasteiger partial charge in [0.15, 0.2) is 21.5 Å². The summed E-state index contributed by atoms with van der Waals surface area (Å²) in [5.41, 5.74) is 0.970. The lowest BCUT2D eigenvalue weighted by Gasteiger charge is -2.06. The van der Waals surface area contributed by atoms with Crippen molar-refractivity contribution in [3.8, 4) is 0 Å². The lowest BCUT2D eigenvalue weighted by Crippen LogP contribution is -2.12. The van der Waals surface area contributed by atoms with Gasteiger partial charge in [0.1, 0.15) is 0 Å². The normalized spacial score (nSPS) is 11.2. The van der Waals surface area contributed by atoms with Gasteiger partial charge in [-0.25, -0.2) is 17.2 Å². The number of sulfone groups is 1. The SMILES string of the molecule is CS(=O)(=O)Cc1ccc(C(=O)Nc2ccc(F)c(F)c2)cc1. The molecule has 0 heterocycles. The molecule has 2 aromatic carbocycles. The van der Waals surface area contributed by atoms with Gasteiger partial charge in [-0.2, -0.15) is 0 Å². The van der Waals surface area contributed by atoms with Crippen LogP contribution < -0.4 is 5.32 Å². The number of halogens is 2. The number of amides is 1. The van der Waals surface area contributed by atoms with Crippen LogP contribution in [0.1, 0.15) is 15.9 Å². The van der Waals surface area contributed by atoms with Crippen LogP contribution in [0.3, 0.4) is 0 Å². The summed E-state index contributed by atoms with van der Waals surface area (Å²) in [7, 11) is -3.15. The van der Waals surface area contributed by atoms with Crippen molar-refractivity contribution in [1.82, 2.24) is 0 Å². The van der Waals surface area contributed by atoms with Gasteiger partial charge in [0.25, 0.3) is 5.91 Å². The van der Waals surface area contributed by atoms with Crippen LogP contribution in [0.4, 0.5) is 14.5 Å². The van der Waals surface area contributed by atoms with E-state index >= 15 is 0 Å². The molecule has 7 heteroatoms. The molecule has 0 fully saturated rings. The highest BCUT2D eigenvalue weighted by Crippen LogP contribution is 2.15. The van der Waals surface area contributed by atoms with Gasteiger partial charge in [0, 0.05) is 23.6 Å². The number of hydrogen-bond acceptors (Lipinski definition) is 3. The van der Waals surface area contributed by atoms with Crippen LogP contribution in [0.15, 0.2) is 42.5 Å². The molecule has 0 aliphatic heterocycles. The zero-order valence-electron chi connectivity index (χ0n) is 11.6. The summed E-state index contributed by atoms with van der Waals surface area (Å²) in [6, 6.07) is 9.04. The van der Waals surface area contributed by atoms with E-state index in [1.807, 2.05) is 0 Å². The molecule has 0 saturated heterocycles. The third kappa shape index (κ3) is 4.36. The van der Waals surface area contributed by atoms with E-state index < -0.39 is 27.4 Å². The number of carbonyl (C=O) groups excluding carboxylic acids is 1. The summed E-state index contributed by atoms with van der Waals surface area (Å²) in [4.78, 5) is 12.0. The molecule has 1 amide bonds. The zero-order chi connectivity index (χ0) is 16.3. The molecule has 0 aliphatic carbocycles. The Hall–Kier alpha value is -2.28. The average molecular weight is 325 g/mol. The minimum atomic E-state index is -3.15. The molecule has 0 radical (unpaired) electrons. The molecule has 0 unspecified atom stereocenters. The van der Waals surface area contributed by atoms with E-state index in [0.717, 1.165) is 18.4 Å². The van der Waals surface area contributed by atoms with Gasteiger partial charge in [-0.1, -0.05) is 12.1 Å². The van der Waals surface area contributed by atoms with Crippen molar-refractivity contribution < 1.29 is 22.0 Å². The minimum Gasteiger partial charge on any atom is -0.322 e. The molecule has 0 spiro atoms. The smallest absolute Gasteiger partial charge is 0.255 e. The first-order chi connectivity index (χ1) is 10.2. The van der Waals surface area contributed by atoms with Crippen molar-refractivity contribution in [3.63, 3.8) is 0 Å². The van der Waals surface area contributed by atoms with E-state index in [1.165, 1.54) is 30.3 Å². The molecular weight excluding hydrogens is 312 g/mol. The molecule has 4 nitrogen and oxygen atoms in total. The summed E-state index contributed by atoms with van der Waals surface area (Å²) >= 11 is 0. The standard InChI is InChI=1S/C15H13F2NO3S/c1-22(20,21)9-10-2-4-11(5-3-10)15(19)18-12-6-7-13(16)14(17)8-12/h2-8H,9H2,1H3,(H,18,19). The Labute approximate surface area is 126 Å². The molecule has 0 saturated carbocycles. The maximum Gasteiger partial charge on any atom is 0.255 e. The first kappa shape index (κ1) is 16.1. The van der Waals surface area contributed by atoms with Crippen molar-refractivity contribution in [1.29, 1.82) is 0 Å². The monoisotopic (exact) mass is 325 g/mol. The predicted octanol–water partition coefficient (Wildman–Crippen LogP) is 2.76. The van der Waals surface area contributed by atoms with Crippen LogP contribution in [0, 0.1) is 11.6 Å². The molecule has 2 aromatic rings. The van der Waals surface area contributed by atoms with Crippen molar-refractivity contribution in [2.45, 2.75) is 5.75 Å². The van der Waals surface area contributed by atoms with Crippen LogP contribution in [-0.2, 0) is 15.6 Å². The maximum absolute atomic E-state index is 13.1. The van der Waals surface area contributed by atoms with Gasteiger partial charge in [-0.05, 0) is 29.8 Å². The fraction of sp³-hybridized carbons (Fsp3) is 0.133. The molecule has 0 bridgehead atoms. The van der Waals surface area contributed by atoms with Gasteiger partial charge in [0.2, 0.25) is 0 Å². The number of anilines is 1. The largest absolute Gasteiger partial charge is 0.322 e. The Balaban J connectivity index is 2.11. The molecule has 0 aliphatic rings. The van der Waals surface area contributed by atoms with Gasteiger partial charge in [-0.15, -0.1) is 0 Å². The van der Waals surface area contributed by atoms with Gasteiger partial charge in [-0.3, -0.25) is 4.79 Å². The highest BCUT2D eigenvalue weighted by atomic mass is 32.2. The van der Waals surface area contributed by atoms with Crippen LogP contribution in [0.25, 0.3) is 0 Å². The topological polar surface area (TPSA) is 63.2 Å². The second-order valence-electron chi connectivity index (χ2n) is 4.85. The van der Waals surface area contributed by atoms with Crippen molar-refractivity contribution in [2.24, 2.45) is 0 Å². The Morgan fingerprint density at radius 1 is 1.05 bits per heavy atom. The van der Waals surface area contributed by atoms with E-state index in [-0.39, 0.29) is 17.0 Å². The Kier molecular flexibility index (Phi) is 4.56. The Morgan fingerprint density at radius 3 is 2.23 bits per heavy atom. The predicted molar refractivity (Wildman–Crippen MR) is 79.3 cm³/mol. The van der Waals surface area contributed by atoms with Crippen molar-refractivity contribution >= 4 is 21.4 Å². The fourth-order valence-corrected chi connectivity index (χ4v) is 2.63. The van der Waals surface area contributed by atoms with E-state index in [0.29, 0.717) is 5.56 Å². The van der Waals surface area contributed by atoms with Crippen LogP contribution >= 0.6 is 0 Å². The fourth-order valence-electron chi connectivity index (χ4n) is 1.83. The van der Waals surface area contributed by atoms with E-state index in [1.54, 1.807) is 0 Å². The second kappa shape index (κ2) is 6.23. The maximum atomic E-state index is 13.1. The number of rotatable bonds is 4. The molecule has 1 N–H and O–H groups in total. The molecule has 0 aromatic heterocycles. The summed E-state index contributed by atoms with van der Waals surface area (Å²) in [6.07, 6.45) is 1.12. The summed E-state index contributed by atoms with van der Waals surface area (Å²) in [5, 5.41) is 2.43. The third-order valence-electron chi connectivity index (χ3n) is 2.82. The van der Waals surface area contributed by atoms with E-state index in [9.17, 15) is 22.0 Å². The first-order valence-electron chi connectivity index (χ1n) is 6.28. The minimum absolute atomic E-state index is 0.113. The van der Waals surface area contributed by atoms with Gasteiger partial charge in [0.05, 0.1) is 5.75 Å². The summed E-state index contributed by atoms with van der Waals surface area (Å²) in [6.45, 7) is 0. The number of carbonyl (C=O) groups is 1. The molecule has 22 heavy (non-hydrogen) atoms. The molecule has 116 valence electrons. The molecule has 2 rings (SSSR count). The molecular formula is C15H13F2NO3S. The Bertz CT molecular complexity index is 802. The quantitative estimate of drug-likeness (QED) is 0.940. The highest BCUT2D eigenvalue weighted by molar-refractivity contribution is 7.89. The zero-order valence-corrected chi connectivity index (χ0v) is 12.5. The van der Waals surface area contributed by atoms with Gasteiger partial charge < -0.3 is 5.32 Å². The van der Waals surface area contributed by atoms with Crippen LogP contribution in [-0.4, -0.2) is 20.6 Å². The third-order valence-corrected chi connectivity index (χ3v) is 3.68. The number of hydrogen-bond donors (Lipinski definition) is 1.